The van der Waals surface area contributed by atoms with Crippen molar-refractivity contribution < 1.29 is 14.7 Å². The Labute approximate surface area is 119 Å². The lowest BCUT2D eigenvalue weighted by Gasteiger charge is -2.14. The number of nitrogens with one attached hydrogen (secondary N) is 1. The highest BCUT2D eigenvalue weighted by Crippen LogP contribution is 2.17. The highest BCUT2D eigenvalue weighted by atomic mass is 79.9. The second-order valence-corrected chi connectivity index (χ2v) is 5.53. The molecule has 1 fully saturated rings. The molecular formula is C13H15BrN2O3. The maximum Gasteiger partial charge on any atom is 0.307 e. The third kappa shape index (κ3) is 4.04. The van der Waals surface area contributed by atoms with Crippen molar-refractivity contribution >= 4 is 33.5 Å². The molecule has 0 aromatic heterocycles. The molecule has 0 bridgehead atoms. The van der Waals surface area contributed by atoms with E-state index in [1.807, 2.05) is 29.2 Å². The Morgan fingerprint density at radius 3 is 2.63 bits per heavy atom. The van der Waals surface area contributed by atoms with Crippen LogP contribution in [0, 0.1) is 5.92 Å². The van der Waals surface area contributed by atoms with Crippen molar-refractivity contribution in [2.24, 2.45) is 5.92 Å². The first-order valence-corrected chi connectivity index (χ1v) is 6.84. The Hall–Kier alpha value is -1.40. The second-order valence-electron chi connectivity index (χ2n) is 4.61. The summed E-state index contributed by atoms with van der Waals surface area (Å²) in [6.45, 7) is 1.34. The zero-order valence-corrected chi connectivity index (χ0v) is 11.9. The Kier molecular flexibility index (Phi) is 4.55. The van der Waals surface area contributed by atoms with Crippen LogP contribution in [-0.2, 0) is 9.59 Å². The molecule has 1 aromatic rings. The van der Waals surface area contributed by atoms with Crippen LogP contribution in [0.4, 0.5) is 5.69 Å². The largest absolute Gasteiger partial charge is 0.481 e. The number of hydrogen-bond donors (Lipinski definition) is 2. The quantitative estimate of drug-likeness (QED) is 0.885. The van der Waals surface area contributed by atoms with Gasteiger partial charge in [-0.3, -0.25) is 14.5 Å². The summed E-state index contributed by atoms with van der Waals surface area (Å²) in [7, 11) is 0. The average Bonchev–Trinajstić information content (AvgIpc) is 2.80. The first kappa shape index (κ1) is 14.0. The first-order valence-electron chi connectivity index (χ1n) is 6.05. The van der Waals surface area contributed by atoms with Crippen LogP contribution >= 0.6 is 15.9 Å². The van der Waals surface area contributed by atoms with Crippen molar-refractivity contribution in [3.05, 3.63) is 28.7 Å². The van der Waals surface area contributed by atoms with Crippen molar-refractivity contribution in [1.82, 2.24) is 4.90 Å². The third-order valence-electron chi connectivity index (χ3n) is 3.12. The molecule has 1 unspecified atom stereocenters. The summed E-state index contributed by atoms with van der Waals surface area (Å²) in [5.41, 5.74) is 0.738. The topological polar surface area (TPSA) is 69.6 Å². The molecule has 102 valence electrons. The number of likely N-dealkylation sites (tertiary alicyclic amines) is 1. The SMILES string of the molecule is O=C(CN1CCC(C(=O)O)C1)Nc1ccc(Br)cc1. The molecule has 2 rings (SSSR count). The highest BCUT2D eigenvalue weighted by Gasteiger charge is 2.28. The summed E-state index contributed by atoms with van der Waals surface area (Å²) < 4.78 is 0.953. The van der Waals surface area contributed by atoms with Gasteiger partial charge in [-0.2, -0.15) is 0 Å². The van der Waals surface area contributed by atoms with Gasteiger partial charge in [0.15, 0.2) is 0 Å². The van der Waals surface area contributed by atoms with Crippen LogP contribution in [0.3, 0.4) is 0 Å². The minimum absolute atomic E-state index is 0.117. The molecule has 6 heteroatoms. The molecular weight excluding hydrogens is 312 g/mol. The van der Waals surface area contributed by atoms with E-state index in [9.17, 15) is 9.59 Å². The molecule has 19 heavy (non-hydrogen) atoms. The molecule has 1 aromatic carbocycles. The standard InChI is InChI=1S/C13H15BrN2O3/c14-10-1-3-11(4-2-10)15-12(17)8-16-6-5-9(7-16)13(18)19/h1-4,9H,5-8H2,(H,15,17)(H,18,19). The molecule has 0 saturated carbocycles. The Morgan fingerprint density at radius 1 is 1.37 bits per heavy atom. The Balaban J connectivity index is 1.82. The number of nitrogens with zero attached hydrogens (tertiary/aromatic N) is 1. The number of carboxylic acids is 1. The van der Waals surface area contributed by atoms with E-state index in [1.165, 1.54) is 0 Å². The van der Waals surface area contributed by atoms with Crippen molar-refractivity contribution in [3.8, 4) is 0 Å². The van der Waals surface area contributed by atoms with Crippen LogP contribution in [0.2, 0.25) is 0 Å². The predicted octanol–water partition coefficient (Wildman–Crippen LogP) is 1.79. The van der Waals surface area contributed by atoms with Gasteiger partial charge in [-0.15, -0.1) is 0 Å². The van der Waals surface area contributed by atoms with Gasteiger partial charge in [0.2, 0.25) is 5.91 Å². The Bertz CT molecular complexity index is 475. The van der Waals surface area contributed by atoms with E-state index in [4.69, 9.17) is 5.11 Å². The normalized spacial score (nSPS) is 19.3. The third-order valence-corrected chi connectivity index (χ3v) is 3.65. The van der Waals surface area contributed by atoms with Gasteiger partial charge in [-0.05, 0) is 37.2 Å². The molecule has 5 nitrogen and oxygen atoms in total. The second kappa shape index (κ2) is 6.16. The predicted molar refractivity (Wildman–Crippen MR) is 75.0 cm³/mol. The first-order chi connectivity index (χ1) is 9.04. The molecule has 0 spiro atoms. The summed E-state index contributed by atoms with van der Waals surface area (Å²) >= 11 is 3.33. The van der Waals surface area contributed by atoms with Gasteiger partial charge in [0.1, 0.15) is 0 Å². The number of carbonyl (C=O) groups is 2. The van der Waals surface area contributed by atoms with Gasteiger partial charge in [0.25, 0.3) is 0 Å². The number of carboxylic acid groups (broad SMARTS) is 1. The number of rotatable bonds is 4. The summed E-state index contributed by atoms with van der Waals surface area (Å²) in [6, 6.07) is 7.33. The number of benzene rings is 1. The van der Waals surface area contributed by atoms with Crippen LogP contribution in [0.5, 0.6) is 0 Å². The van der Waals surface area contributed by atoms with Crippen molar-refractivity contribution in [1.29, 1.82) is 0 Å². The van der Waals surface area contributed by atoms with E-state index in [0.717, 1.165) is 10.2 Å². The van der Waals surface area contributed by atoms with E-state index in [-0.39, 0.29) is 18.4 Å². The minimum atomic E-state index is -0.782. The number of hydrogen-bond acceptors (Lipinski definition) is 3. The number of amides is 1. The number of aliphatic carboxylic acids is 1. The molecule has 1 saturated heterocycles. The summed E-state index contributed by atoms with van der Waals surface area (Å²) in [4.78, 5) is 24.5. The fourth-order valence-electron chi connectivity index (χ4n) is 2.11. The van der Waals surface area contributed by atoms with Gasteiger partial charge in [0.05, 0.1) is 12.5 Å². The van der Waals surface area contributed by atoms with E-state index in [2.05, 4.69) is 21.2 Å². The van der Waals surface area contributed by atoms with E-state index < -0.39 is 5.97 Å². The van der Waals surface area contributed by atoms with Crippen LogP contribution in [0.25, 0.3) is 0 Å². The molecule has 1 aliphatic rings. The molecule has 1 amide bonds. The minimum Gasteiger partial charge on any atom is -0.481 e. The van der Waals surface area contributed by atoms with Gasteiger partial charge in [-0.25, -0.2) is 0 Å². The lowest BCUT2D eigenvalue weighted by atomic mass is 10.1. The molecule has 0 aliphatic carbocycles. The molecule has 2 N–H and O–H groups in total. The smallest absolute Gasteiger partial charge is 0.307 e. The fourth-order valence-corrected chi connectivity index (χ4v) is 2.38. The van der Waals surface area contributed by atoms with Crippen molar-refractivity contribution in [2.75, 3.05) is 25.0 Å². The zero-order valence-electron chi connectivity index (χ0n) is 10.3. The van der Waals surface area contributed by atoms with Crippen LogP contribution in [-0.4, -0.2) is 41.5 Å². The van der Waals surface area contributed by atoms with Crippen molar-refractivity contribution in [2.45, 2.75) is 6.42 Å². The van der Waals surface area contributed by atoms with Gasteiger partial charge < -0.3 is 10.4 Å². The number of halogens is 1. The summed E-state index contributed by atoms with van der Waals surface area (Å²) in [5.74, 6) is -1.25. The van der Waals surface area contributed by atoms with Crippen LogP contribution in [0.15, 0.2) is 28.7 Å². The zero-order chi connectivity index (χ0) is 13.8. The average molecular weight is 327 g/mol. The lowest BCUT2D eigenvalue weighted by Crippen LogP contribution is -2.32. The molecule has 0 radical (unpaired) electrons. The fraction of sp³-hybridized carbons (Fsp3) is 0.385. The van der Waals surface area contributed by atoms with Gasteiger partial charge in [-0.1, -0.05) is 15.9 Å². The molecule has 1 heterocycles. The summed E-state index contributed by atoms with van der Waals surface area (Å²) in [5, 5.41) is 11.7. The summed E-state index contributed by atoms with van der Waals surface area (Å²) in [6.07, 6.45) is 0.612. The monoisotopic (exact) mass is 326 g/mol. The molecule has 1 atom stereocenters. The van der Waals surface area contributed by atoms with Crippen molar-refractivity contribution in [3.63, 3.8) is 0 Å². The van der Waals surface area contributed by atoms with E-state index >= 15 is 0 Å². The number of anilines is 1. The van der Waals surface area contributed by atoms with Gasteiger partial charge in [0, 0.05) is 16.7 Å². The van der Waals surface area contributed by atoms with Gasteiger partial charge >= 0.3 is 5.97 Å². The van der Waals surface area contributed by atoms with E-state index in [1.54, 1.807) is 0 Å². The van der Waals surface area contributed by atoms with Crippen LogP contribution in [0.1, 0.15) is 6.42 Å². The van der Waals surface area contributed by atoms with Crippen LogP contribution < -0.4 is 5.32 Å². The maximum atomic E-state index is 11.8. The number of carbonyl (C=O) groups excluding carboxylic acids is 1. The Morgan fingerprint density at radius 2 is 2.05 bits per heavy atom. The van der Waals surface area contributed by atoms with E-state index in [0.29, 0.717) is 19.5 Å². The highest BCUT2D eigenvalue weighted by molar-refractivity contribution is 9.10. The molecule has 1 aliphatic heterocycles. The maximum absolute atomic E-state index is 11.8. The lowest BCUT2D eigenvalue weighted by molar-refractivity contribution is -0.141.